The van der Waals surface area contributed by atoms with Crippen LogP contribution in [0.3, 0.4) is 0 Å². The molecule has 66 heavy (non-hydrogen) atoms. The summed E-state index contributed by atoms with van der Waals surface area (Å²) >= 11 is 0. The lowest BCUT2D eigenvalue weighted by Crippen LogP contribution is -2.09. The molecule has 0 aliphatic carbocycles. The van der Waals surface area contributed by atoms with E-state index < -0.39 is 0 Å². The third kappa shape index (κ3) is 11.8. The van der Waals surface area contributed by atoms with Crippen LogP contribution >= 0.6 is 86.4 Å². The van der Waals surface area contributed by atoms with Crippen LogP contribution in [0, 0.1) is 83.1 Å². The van der Waals surface area contributed by atoms with E-state index >= 15 is 0 Å². The van der Waals surface area contributed by atoms with Gasteiger partial charge in [0, 0.05) is 46.0 Å². The maximum Gasteiger partial charge on any atom is 0.125 e. The average Bonchev–Trinajstić information content (AvgIpc) is 3.28. The SMILES string of the molecule is Cc1c2c(C)c3c(C)c1CSSCc1c(C)c4c(C)c(c1C)OCCCCCOc1c(C)c(c(C)c(c1C)CSSCc1c(C)c(c(C)c(c1C)OCCCCCO3)CSSC2)CSSC4. The van der Waals surface area contributed by atoms with Gasteiger partial charge in [0.2, 0.25) is 0 Å². The molecule has 360 valence electrons. The highest BCUT2D eigenvalue weighted by Gasteiger charge is 2.25. The van der Waals surface area contributed by atoms with Gasteiger partial charge in [-0.2, -0.15) is 0 Å². The minimum atomic E-state index is 0.728. The molecule has 0 saturated heterocycles. The normalized spacial score (nSPS) is 17.5. The van der Waals surface area contributed by atoms with Crippen molar-refractivity contribution >= 4 is 86.4 Å². The van der Waals surface area contributed by atoms with Crippen molar-refractivity contribution in [3.8, 4) is 23.0 Å². The van der Waals surface area contributed by atoms with Gasteiger partial charge in [0.15, 0.2) is 0 Å². The van der Waals surface area contributed by atoms with E-state index in [0.717, 1.165) is 134 Å². The Morgan fingerprint density at radius 2 is 0.364 bits per heavy atom. The van der Waals surface area contributed by atoms with Gasteiger partial charge in [0.1, 0.15) is 23.0 Å². The zero-order valence-corrected chi connectivity index (χ0v) is 48.2. The second-order valence-corrected chi connectivity index (χ2v) is 28.1. The number of hydrogen-bond donors (Lipinski definition) is 0. The molecular weight excluding hydrogens is 969 g/mol. The molecule has 3 heterocycles. The molecule has 0 atom stereocenters. The molecule has 4 aromatic carbocycles. The standard InChI is InChI=1S/C54H72O4S8/c1-31-43-23-59-60-24-44-32(2)49-29-65-66-30-50-34(4)46-26-62-61-25-45-33(3)48(40(10)53(37(45)7)57-21-17-14-18-22-58-54(38(46)8)42(50)12)28-64-63-27-47(31)39(9)51(35(43)5)55-19-15-13-16-20-56-52(36(44)6)41(49)11/h13-30H2,1-12H3. The van der Waals surface area contributed by atoms with Crippen LogP contribution in [0.15, 0.2) is 0 Å². The quantitative estimate of drug-likeness (QED) is 0.158. The third-order valence-corrected chi connectivity index (χ3v) is 23.2. The summed E-state index contributed by atoms with van der Waals surface area (Å²) in [6.07, 6.45) is 6.22. The van der Waals surface area contributed by atoms with Crippen molar-refractivity contribution in [3.63, 3.8) is 0 Å². The van der Waals surface area contributed by atoms with Crippen molar-refractivity contribution in [3.05, 3.63) is 111 Å². The largest absolute Gasteiger partial charge is 0.493 e. The topological polar surface area (TPSA) is 36.9 Å². The number of hydrogen-bond acceptors (Lipinski definition) is 12. The van der Waals surface area contributed by atoms with Crippen LogP contribution in [-0.4, -0.2) is 26.4 Å². The fourth-order valence-electron chi connectivity index (χ4n) is 10.1. The Balaban J connectivity index is 1.30. The summed E-state index contributed by atoms with van der Waals surface area (Å²) in [5.41, 5.74) is 27.7. The average molecular weight is 1040 g/mol. The second-order valence-electron chi connectivity index (χ2n) is 18.3. The number of rotatable bonds is 0. The molecule has 0 aromatic heterocycles. The van der Waals surface area contributed by atoms with E-state index in [4.69, 9.17) is 18.9 Å². The number of benzene rings is 4. The van der Waals surface area contributed by atoms with Crippen molar-refractivity contribution in [2.24, 2.45) is 0 Å². The maximum absolute atomic E-state index is 6.77. The first-order valence-electron chi connectivity index (χ1n) is 23.8. The summed E-state index contributed by atoms with van der Waals surface area (Å²) in [4.78, 5) is 0. The zero-order chi connectivity index (χ0) is 47.1. The molecule has 0 radical (unpaired) electrons. The zero-order valence-electron chi connectivity index (χ0n) is 41.6. The van der Waals surface area contributed by atoms with Gasteiger partial charge in [-0.05, 0) is 233 Å². The van der Waals surface area contributed by atoms with Gasteiger partial charge in [-0.1, -0.05) is 86.4 Å². The third-order valence-electron chi connectivity index (χ3n) is 14.5. The molecule has 12 bridgehead atoms. The molecule has 4 aromatic rings. The molecule has 0 unspecified atom stereocenters. The van der Waals surface area contributed by atoms with Crippen LogP contribution in [0.25, 0.3) is 0 Å². The Hall–Kier alpha value is -1.12. The van der Waals surface area contributed by atoms with E-state index in [1.807, 2.05) is 86.4 Å². The summed E-state index contributed by atoms with van der Waals surface area (Å²) in [5, 5.41) is 0. The van der Waals surface area contributed by atoms with Gasteiger partial charge in [-0.15, -0.1) is 0 Å². The Labute approximate surface area is 430 Å². The lowest BCUT2D eigenvalue weighted by atomic mass is 9.93. The smallest absolute Gasteiger partial charge is 0.125 e. The summed E-state index contributed by atoms with van der Waals surface area (Å²) in [5.74, 6) is 12.0. The van der Waals surface area contributed by atoms with Crippen molar-refractivity contribution in [2.75, 3.05) is 26.4 Å². The van der Waals surface area contributed by atoms with Crippen LogP contribution in [0.2, 0.25) is 0 Å². The Morgan fingerprint density at radius 1 is 0.212 bits per heavy atom. The highest BCUT2D eigenvalue weighted by Crippen LogP contribution is 2.47. The molecule has 7 rings (SSSR count). The Kier molecular flexibility index (Phi) is 19.8. The highest BCUT2D eigenvalue weighted by atomic mass is 33.1. The number of ether oxygens (including phenoxy) is 4. The van der Waals surface area contributed by atoms with Crippen molar-refractivity contribution in [1.82, 2.24) is 0 Å². The van der Waals surface area contributed by atoms with Gasteiger partial charge in [-0.25, -0.2) is 0 Å². The van der Waals surface area contributed by atoms with Crippen LogP contribution in [0.5, 0.6) is 23.0 Å². The summed E-state index contributed by atoms with van der Waals surface area (Å²) in [7, 11) is 15.9. The molecule has 4 nitrogen and oxygen atoms in total. The summed E-state index contributed by atoms with van der Waals surface area (Å²) < 4.78 is 27.1. The maximum atomic E-state index is 6.77. The molecule has 3 aliphatic rings. The lowest BCUT2D eigenvalue weighted by Gasteiger charge is -2.24. The minimum absolute atomic E-state index is 0.728. The number of fused-ring (bicyclic) bond motifs is 14. The van der Waals surface area contributed by atoms with Crippen LogP contribution in [0.4, 0.5) is 0 Å². The minimum Gasteiger partial charge on any atom is -0.493 e. The van der Waals surface area contributed by atoms with Gasteiger partial charge >= 0.3 is 0 Å². The first-order chi connectivity index (χ1) is 31.8. The van der Waals surface area contributed by atoms with Crippen LogP contribution in [-0.2, 0) is 46.0 Å². The van der Waals surface area contributed by atoms with Gasteiger partial charge in [0.25, 0.3) is 0 Å². The van der Waals surface area contributed by atoms with E-state index in [1.54, 1.807) is 0 Å². The molecule has 0 spiro atoms. The van der Waals surface area contributed by atoms with E-state index in [2.05, 4.69) is 83.1 Å². The molecule has 0 amide bonds. The predicted octanol–water partition coefficient (Wildman–Crippen LogP) is 17.9. The molecule has 0 N–H and O–H groups in total. The molecule has 3 aliphatic heterocycles. The van der Waals surface area contributed by atoms with Crippen molar-refractivity contribution in [2.45, 2.75) is 168 Å². The van der Waals surface area contributed by atoms with Gasteiger partial charge in [-0.3, -0.25) is 0 Å². The fourth-order valence-corrected chi connectivity index (χ4v) is 20.0. The molecule has 12 heteroatoms. The molecule has 0 saturated carbocycles. The summed E-state index contributed by atoms with van der Waals surface area (Å²) in [6, 6.07) is 0. The van der Waals surface area contributed by atoms with Crippen molar-refractivity contribution < 1.29 is 18.9 Å². The van der Waals surface area contributed by atoms with Gasteiger partial charge < -0.3 is 18.9 Å². The van der Waals surface area contributed by atoms with E-state index in [9.17, 15) is 0 Å². The molecule has 0 fully saturated rings. The predicted molar refractivity (Wildman–Crippen MR) is 303 cm³/mol. The van der Waals surface area contributed by atoms with E-state index in [0.29, 0.717) is 0 Å². The van der Waals surface area contributed by atoms with Gasteiger partial charge in [0.05, 0.1) is 26.4 Å². The first kappa shape index (κ1) is 52.7. The summed E-state index contributed by atoms with van der Waals surface area (Å²) in [6.45, 7) is 30.8. The monoisotopic (exact) mass is 1040 g/mol. The fraction of sp³-hybridized carbons (Fsp3) is 0.556. The Bertz CT molecular complexity index is 2070. The van der Waals surface area contributed by atoms with Crippen LogP contribution < -0.4 is 18.9 Å². The van der Waals surface area contributed by atoms with Crippen molar-refractivity contribution in [1.29, 1.82) is 0 Å². The van der Waals surface area contributed by atoms with E-state index in [1.165, 1.54) is 111 Å². The Morgan fingerprint density at radius 3 is 0.515 bits per heavy atom. The van der Waals surface area contributed by atoms with E-state index in [-0.39, 0.29) is 0 Å². The second kappa shape index (κ2) is 24.8. The molecular formula is C54H72O4S8. The highest BCUT2D eigenvalue weighted by molar-refractivity contribution is 8.77. The lowest BCUT2D eigenvalue weighted by molar-refractivity contribution is 0.275. The van der Waals surface area contributed by atoms with Crippen LogP contribution in [0.1, 0.15) is 150 Å². The first-order valence-corrected chi connectivity index (χ1v) is 33.7.